The van der Waals surface area contributed by atoms with E-state index in [0.29, 0.717) is 25.5 Å². The molecule has 19 heavy (non-hydrogen) atoms. The van der Waals surface area contributed by atoms with Crippen molar-refractivity contribution in [3.8, 4) is 0 Å². The number of hydrogen-bond acceptors (Lipinski definition) is 4. The lowest BCUT2D eigenvalue weighted by molar-refractivity contribution is -0.148. The van der Waals surface area contributed by atoms with Crippen LogP contribution in [0.15, 0.2) is 0 Å². The van der Waals surface area contributed by atoms with Gasteiger partial charge in [-0.15, -0.1) is 10.2 Å². The number of alkyl halides is 3. The topological polar surface area (TPSA) is 46.0 Å². The highest BCUT2D eigenvalue weighted by atomic mass is 19.4. The number of aromatic nitrogens is 3. The van der Waals surface area contributed by atoms with Crippen LogP contribution in [0.2, 0.25) is 0 Å². The van der Waals surface area contributed by atoms with Crippen LogP contribution in [-0.4, -0.2) is 46.3 Å². The monoisotopic (exact) mass is 277 g/mol. The van der Waals surface area contributed by atoms with Crippen LogP contribution >= 0.6 is 0 Å². The lowest BCUT2D eigenvalue weighted by atomic mass is 10.2. The predicted octanol–water partition coefficient (Wildman–Crippen LogP) is 1.11. The molecule has 2 rings (SSSR count). The average molecular weight is 277 g/mol. The van der Waals surface area contributed by atoms with Gasteiger partial charge in [0.2, 0.25) is 5.82 Å². The Balaban J connectivity index is 1.92. The summed E-state index contributed by atoms with van der Waals surface area (Å²) in [6.45, 7) is 3.22. The Morgan fingerprint density at radius 1 is 1.21 bits per heavy atom. The minimum atomic E-state index is -4.42. The molecule has 0 amide bonds. The van der Waals surface area contributed by atoms with E-state index >= 15 is 0 Å². The quantitative estimate of drug-likeness (QED) is 0.819. The summed E-state index contributed by atoms with van der Waals surface area (Å²) in [4.78, 5) is 2.12. The van der Waals surface area contributed by atoms with E-state index in [1.165, 1.54) is 4.57 Å². The Hall–Kier alpha value is -1.15. The fourth-order valence-corrected chi connectivity index (χ4v) is 2.25. The fraction of sp³-hybridized carbons (Fsp3) is 0.818. The second kappa shape index (κ2) is 5.87. The Bertz CT molecular complexity index is 415. The highest BCUT2D eigenvalue weighted by Crippen LogP contribution is 2.29. The van der Waals surface area contributed by atoms with Crippen LogP contribution in [0, 0.1) is 0 Å². The lowest BCUT2D eigenvalue weighted by Crippen LogP contribution is -2.36. The maximum absolute atomic E-state index is 12.6. The van der Waals surface area contributed by atoms with E-state index < -0.39 is 12.0 Å². The van der Waals surface area contributed by atoms with Gasteiger partial charge in [0.1, 0.15) is 5.82 Å². The molecular weight excluding hydrogens is 259 g/mol. The molecule has 0 atom stereocenters. The molecule has 0 saturated carbocycles. The van der Waals surface area contributed by atoms with Gasteiger partial charge in [0.25, 0.3) is 0 Å². The van der Waals surface area contributed by atoms with Crippen molar-refractivity contribution in [2.45, 2.75) is 32.1 Å². The van der Waals surface area contributed by atoms with Gasteiger partial charge in [-0.1, -0.05) is 0 Å². The largest absolute Gasteiger partial charge is 0.451 e. The summed E-state index contributed by atoms with van der Waals surface area (Å²) in [5.74, 6) is -0.468. The molecule has 1 aromatic heterocycles. The predicted molar refractivity (Wildman–Crippen MR) is 63.5 cm³/mol. The number of fused-ring (bicyclic) bond motifs is 1. The maximum atomic E-state index is 12.6. The van der Waals surface area contributed by atoms with E-state index in [-0.39, 0.29) is 0 Å². The second-order valence-electron chi connectivity index (χ2n) is 4.68. The van der Waals surface area contributed by atoms with Crippen molar-refractivity contribution in [3.63, 3.8) is 0 Å². The molecule has 0 saturated heterocycles. The molecule has 1 N–H and O–H groups in total. The van der Waals surface area contributed by atoms with E-state index in [1.807, 2.05) is 7.05 Å². The van der Waals surface area contributed by atoms with Gasteiger partial charge in [-0.3, -0.25) is 4.90 Å². The zero-order valence-electron chi connectivity index (χ0n) is 10.9. The van der Waals surface area contributed by atoms with Crippen molar-refractivity contribution in [1.29, 1.82) is 0 Å². The number of rotatable bonds is 5. The first-order chi connectivity index (χ1) is 9.02. The minimum Gasteiger partial charge on any atom is -0.320 e. The van der Waals surface area contributed by atoms with Crippen molar-refractivity contribution in [1.82, 2.24) is 25.0 Å². The van der Waals surface area contributed by atoms with Gasteiger partial charge in [0.05, 0.1) is 6.54 Å². The average Bonchev–Trinajstić information content (AvgIpc) is 2.77. The molecule has 0 aliphatic carbocycles. The number of hydrogen-bond donors (Lipinski definition) is 1. The van der Waals surface area contributed by atoms with Crippen LogP contribution in [0.5, 0.6) is 0 Å². The molecule has 0 aromatic carbocycles. The Kier molecular flexibility index (Phi) is 4.41. The first kappa shape index (κ1) is 14.3. The van der Waals surface area contributed by atoms with Gasteiger partial charge in [0.15, 0.2) is 0 Å². The van der Waals surface area contributed by atoms with E-state index in [9.17, 15) is 13.2 Å². The van der Waals surface area contributed by atoms with Crippen LogP contribution in [0.4, 0.5) is 13.2 Å². The number of unbranched alkanes of at least 4 members (excludes halogenated alkanes) is 1. The first-order valence-corrected chi connectivity index (χ1v) is 6.38. The Morgan fingerprint density at radius 3 is 2.68 bits per heavy atom. The van der Waals surface area contributed by atoms with Crippen LogP contribution in [0.25, 0.3) is 0 Å². The molecule has 108 valence electrons. The molecule has 5 nitrogen and oxygen atoms in total. The summed E-state index contributed by atoms with van der Waals surface area (Å²) in [6.07, 6.45) is -2.32. The molecule has 1 aromatic rings. The molecule has 0 spiro atoms. The molecule has 0 radical (unpaired) electrons. The summed E-state index contributed by atoms with van der Waals surface area (Å²) in [5, 5.41) is 9.99. The van der Waals surface area contributed by atoms with Crippen LogP contribution < -0.4 is 5.32 Å². The van der Waals surface area contributed by atoms with Gasteiger partial charge in [-0.05, 0) is 33.0 Å². The molecular formula is C11H18F3N5. The standard InChI is InChI=1S/C11H18F3N5/c1-15-4-2-3-5-18-6-7-19-9(8-18)16-17-10(19)11(12,13)14/h15H,2-8H2,1H3. The molecule has 1 aliphatic heterocycles. The molecule has 0 unspecified atom stereocenters. The molecule has 2 heterocycles. The van der Waals surface area contributed by atoms with E-state index in [2.05, 4.69) is 20.4 Å². The molecule has 8 heteroatoms. The highest BCUT2D eigenvalue weighted by molar-refractivity contribution is 5.02. The lowest BCUT2D eigenvalue weighted by Gasteiger charge is -2.27. The first-order valence-electron chi connectivity index (χ1n) is 6.38. The Labute approximate surface area is 109 Å². The van der Waals surface area contributed by atoms with Gasteiger partial charge >= 0.3 is 6.18 Å². The Morgan fingerprint density at radius 2 is 2.00 bits per heavy atom. The molecule has 0 bridgehead atoms. The zero-order chi connectivity index (χ0) is 13.9. The van der Waals surface area contributed by atoms with Crippen molar-refractivity contribution in [3.05, 3.63) is 11.6 Å². The zero-order valence-corrected chi connectivity index (χ0v) is 10.9. The van der Waals surface area contributed by atoms with E-state index in [1.54, 1.807) is 0 Å². The summed E-state index contributed by atoms with van der Waals surface area (Å²) < 4.78 is 39.1. The van der Waals surface area contributed by atoms with Crippen LogP contribution in [0.1, 0.15) is 24.5 Å². The summed E-state index contributed by atoms with van der Waals surface area (Å²) in [7, 11) is 1.90. The SMILES string of the molecule is CNCCCCN1CCn2c(nnc2C(F)(F)F)C1. The second-order valence-corrected chi connectivity index (χ2v) is 4.68. The van der Waals surface area contributed by atoms with Gasteiger partial charge < -0.3 is 9.88 Å². The third-order valence-electron chi connectivity index (χ3n) is 3.24. The summed E-state index contributed by atoms with van der Waals surface area (Å²) in [5.41, 5.74) is 0. The third-order valence-corrected chi connectivity index (χ3v) is 3.24. The van der Waals surface area contributed by atoms with E-state index in [0.717, 1.165) is 25.9 Å². The van der Waals surface area contributed by atoms with Gasteiger partial charge in [-0.25, -0.2) is 0 Å². The van der Waals surface area contributed by atoms with E-state index in [4.69, 9.17) is 0 Å². The number of halogens is 3. The third kappa shape index (κ3) is 3.44. The minimum absolute atomic E-state index is 0.309. The van der Waals surface area contributed by atoms with Gasteiger partial charge in [0, 0.05) is 13.1 Å². The van der Waals surface area contributed by atoms with Crippen molar-refractivity contribution in [2.24, 2.45) is 0 Å². The van der Waals surface area contributed by atoms with Crippen molar-refractivity contribution in [2.75, 3.05) is 26.7 Å². The van der Waals surface area contributed by atoms with Crippen LogP contribution in [0.3, 0.4) is 0 Å². The summed E-state index contributed by atoms with van der Waals surface area (Å²) >= 11 is 0. The number of nitrogens with zero attached hydrogens (tertiary/aromatic N) is 4. The maximum Gasteiger partial charge on any atom is 0.451 e. The van der Waals surface area contributed by atoms with Crippen LogP contribution in [-0.2, 0) is 19.3 Å². The van der Waals surface area contributed by atoms with Crippen molar-refractivity contribution < 1.29 is 13.2 Å². The normalized spacial score (nSPS) is 16.6. The smallest absolute Gasteiger partial charge is 0.320 e. The highest BCUT2D eigenvalue weighted by Gasteiger charge is 2.39. The van der Waals surface area contributed by atoms with Gasteiger partial charge in [-0.2, -0.15) is 13.2 Å². The summed E-state index contributed by atoms with van der Waals surface area (Å²) in [6, 6.07) is 0. The fourth-order valence-electron chi connectivity index (χ4n) is 2.25. The van der Waals surface area contributed by atoms with Crippen molar-refractivity contribution >= 4 is 0 Å². The number of nitrogens with one attached hydrogen (secondary N) is 1. The molecule has 0 fully saturated rings. The molecule has 1 aliphatic rings.